The first-order valence-corrected chi connectivity index (χ1v) is 12.1. The zero-order valence-electron chi connectivity index (χ0n) is 19.6. The predicted octanol–water partition coefficient (Wildman–Crippen LogP) is 2.71. The van der Waals surface area contributed by atoms with E-state index in [1.54, 1.807) is 10.7 Å². The lowest BCUT2D eigenvalue weighted by Crippen LogP contribution is -2.53. The number of aromatic nitrogens is 3. The van der Waals surface area contributed by atoms with Crippen LogP contribution >= 0.6 is 0 Å². The number of nitrogens with zero attached hydrogens (tertiary/aromatic N) is 5. The van der Waals surface area contributed by atoms with Gasteiger partial charge in [0, 0.05) is 49.5 Å². The monoisotopic (exact) mass is 501 g/mol. The SMILES string of the molecule is C=C1NC(=O)C/C1=C\c1cnn2c(NC3CC3)cc(N3CCN(C(=O)C4(C(F)(F)F)CC4)CC3)nc12. The van der Waals surface area contributed by atoms with Gasteiger partial charge in [-0.25, -0.2) is 4.98 Å². The van der Waals surface area contributed by atoms with Gasteiger partial charge >= 0.3 is 6.18 Å². The normalized spacial score (nSPS) is 22.9. The van der Waals surface area contributed by atoms with Crippen molar-refractivity contribution >= 4 is 35.2 Å². The number of halogens is 3. The first-order chi connectivity index (χ1) is 17.1. The summed E-state index contributed by atoms with van der Waals surface area (Å²) < 4.78 is 42.0. The summed E-state index contributed by atoms with van der Waals surface area (Å²) in [5.74, 6) is 0.514. The fourth-order valence-corrected chi connectivity index (χ4v) is 4.85. The molecule has 2 amide bonds. The van der Waals surface area contributed by atoms with Gasteiger partial charge in [0.1, 0.15) is 17.1 Å². The summed E-state index contributed by atoms with van der Waals surface area (Å²) in [7, 11) is 0. The van der Waals surface area contributed by atoms with E-state index in [2.05, 4.69) is 22.3 Å². The van der Waals surface area contributed by atoms with E-state index in [0.29, 0.717) is 36.3 Å². The summed E-state index contributed by atoms with van der Waals surface area (Å²) in [4.78, 5) is 32.5. The molecule has 36 heavy (non-hydrogen) atoms. The summed E-state index contributed by atoms with van der Waals surface area (Å²) in [5, 5.41) is 10.7. The van der Waals surface area contributed by atoms with Crippen molar-refractivity contribution < 1.29 is 22.8 Å². The Hall–Kier alpha value is -3.57. The van der Waals surface area contributed by atoms with E-state index in [-0.39, 0.29) is 38.3 Å². The van der Waals surface area contributed by atoms with Gasteiger partial charge in [0.25, 0.3) is 0 Å². The smallest absolute Gasteiger partial charge is 0.367 e. The van der Waals surface area contributed by atoms with E-state index in [0.717, 1.165) is 29.8 Å². The molecule has 2 saturated carbocycles. The maximum Gasteiger partial charge on any atom is 0.403 e. The van der Waals surface area contributed by atoms with Crippen LogP contribution in [0.4, 0.5) is 24.8 Å². The van der Waals surface area contributed by atoms with Gasteiger partial charge < -0.3 is 20.4 Å². The summed E-state index contributed by atoms with van der Waals surface area (Å²) >= 11 is 0. The fourth-order valence-electron chi connectivity index (χ4n) is 4.85. The number of anilines is 2. The molecule has 2 aromatic heterocycles. The molecule has 190 valence electrons. The summed E-state index contributed by atoms with van der Waals surface area (Å²) in [6.07, 6.45) is 1.14. The number of amides is 2. The molecule has 6 rings (SSSR count). The Labute approximate surface area is 205 Å². The van der Waals surface area contributed by atoms with E-state index in [9.17, 15) is 22.8 Å². The highest BCUT2D eigenvalue weighted by Gasteiger charge is 2.69. The molecule has 0 bridgehead atoms. The van der Waals surface area contributed by atoms with Crippen LogP contribution in [0.15, 0.2) is 30.1 Å². The molecule has 2 saturated heterocycles. The Bertz CT molecular complexity index is 1300. The highest BCUT2D eigenvalue weighted by Crippen LogP contribution is 2.58. The van der Waals surface area contributed by atoms with Crippen LogP contribution in [-0.4, -0.2) is 69.7 Å². The van der Waals surface area contributed by atoms with E-state index in [1.807, 2.05) is 17.0 Å². The number of nitrogens with one attached hydrogen (secondary N) is 2. The number of rotatable bonds is 5. The number of hydrogen-bond acceptors (Lipinski definition) is 6. The van der Waals surface area contributed by atoms with E-state index in [4.69, 9.17) is 4.98 Å². The van der Waals surface area contributed by atoms with Gasteiger partial charge in [-0.15, -0.1) is 0 Å². The Morgan fingerprint density at radius 2 is 1.94 bits per heavy atom. The first kappa shape index (κ1) is 22.9. The number of carbonyl (C=O) groups excluding carboxylic acids is 2. The molecule has 12 heteroatoms. The minimum absolute atomic E-state index is 0.113. The fraction of sp³-hybridized carbons (Fsp3) is 0.500. The van der Waals surface area contributed by atoms with Crippen molar-refractivity contribution in [2.75, 3.05) is 36.4 Å². The summed E-state index contributed by atoms with van der Waals surface area (Å²) in [6.45, 7) is 5.06. The van der Waals surface area contributed by atoms with Crippen LogP contribution in [0.1, 0.15) is 37.7 Å². The largest absolute Gasteiger partial charge is 0.403 e. The lowest BCUT2D eigenvalue weighted by molar-refractivity contribution is -0.198. The Kier molecular flexibility index (Phi) is 5.06. The van der Waals surface area contributed by atoms with Crippen LogP contribution in [0.2, 0.25) is 0 Å². The zero-order chi connectivity index (χ0) is 25.2. The molecule has 2 aliphatic carbocycles. The quantitative estimate of drug-likeness (QED) is 0.655. The third-order valence-electron chi connectivity index (χ3n) is 7.37. The van der Waals surface area contributed by atoms with Gasteiger partial charge in [-0.05, 0) is 37.3 Å². The number of carbonyl (C=O) groups is 2. The number of piperazine rings is 1. The molecule has 0 spiro atoms. The van der Waals surface area contributed by atoms with E-state index in [1.165, 1.54) is 4.90 Å². The molecule has 0 atom stereocenters. The molecular formula is C24H26F3N7O2. The van der Waals surface area contributed by atoms with Crippen LogP contribution in [0.3, 0.4) is 0 Å². The van der Waals surface area contributed by atoms with Gasteiger partial charge in [-0.1, -0.05) is 6.58 Å². The molecule has 4 aliphatic rings. The van der Waals surface area contributed by atoms with E-state index >= 15 is 0 Å². The van der Waals surface area contributed by atoms with Gasteiger partial charge in [-0.2, -0.15) is 22.8 Å². The molecule has 0 aromatic carbocycles. The average Bonchev–Trinajstić information content (AvgIpc) is 3.75. The van der Waals surface area contributed by atoms with Crippen LogP contribution in [-0.2, 0) is 9.59 Å². The number of fused-ring (bicyclic) bond motifs is 1. The predicted molar refractivity (Wildman–Crippen MR) is 126 cm³/mol. The summed E-state index contributed by atoms with van der Waals surface area (Å²) in [5.41, 5.74) is 0.471. The minimum Gasteiger partial charge on any atom is -0.367 e. The van der Waals surface area contributed by atoms with Crippen LogP contribution in [0, 0.1) is 5.41 Å². The second kappa shape index (κ2) is 7.97. The third kappa shape index (κ3) is 3.88. The highest BCUT2D eigenvalue weighted by molar-refractivity contribution is 5.90. The maximum absolute atomic E-state index is 13.4. The van der Waals surface area contributed by atoms with Gasteiger partial charge in [0.15, 0.2) is 5.65 Å². The van der Waals surface area contributed by atoms with Crippen molar-refractivity contribution in [2.24, 2.45) is 5.41 Å². The van der Waals surface area contributed by atoms with Crippen LogP contribution in [0.5, 0.6) is 0 Å². The Morgan fingerprint density at radius 1 is 1.22 bits per heavy atom. The van der Waals surface area contributed by atoms with Crippen molar-refractivity contribution in [1.29, 1.82) is 0 Å². The zero-order valence-corrected chi connectivity index (χ0v) is 19.6. The standard InChI is InChI=1S/C24H26F3N7O2/c1-14-15(11-20(35)29-14)10-16-13-28-34-19(30-17-2-3-17)12-18(31-21(16)34)32-6-8-33(9-7-32)22(36)23(4-5-23)24(25,26)27/h10,12-13,17,30H,1-9,11H2,(H,29,35)/b15-10+. The molecule has 2 aliphatic heterocycles. The van der Waals surface area contributed by atoms with Crippen molar-refractivity contribution in [1.82, 2.24) is 24.8 Å². The van der Waals surface area contributed by atoms with Crippen LogP contribution in [0.25, 0.3) is 11.7 Å². The third-order valence-corrected chi connectivity index (χ3v) is 7.37. The van der Waals surface area contributed by atoms with Gasteiger partial charge in [0.05, 0.1) is 12.6 Å². The average molecular weight is 502 g/mol. The van der Waals surface area contributed by atoms with Crippen molar-refractivity contribution in [2.45, 2.75) is 44.3 Å². The van der Waals surface area contributed by atoms with Gasteiger partial charge in [-0.3, -0.25) is 9.59 Å². The second-order valence-corrected chi connectivity index (χ2v) is 9.99. The van der Waals surface area contributed by atoms with Crippen molar-refractivity contribution in [3.8, 4) is 0 Å². The van der Waals surface area contributed by atoms with Crippen LogP contribution < -0.4 is 15.5 Å². The Morgan fingerprint density at radius 3 is 2.53 bits per heavy atom. The number of hydrogen-bond donors (Lipinski definition) is 2. The molecular weight excluding hydrogens is 475 g/mol. The second-order valence-electron chi connectivity index (χ2n) is 9.99. The molecule has 9 nitrogen and oxygen atoms in total. The van der Waals surface area contributed by atoms with E-state index < -0.39 is 17.5 Å². The molecule has 0 unspecified atom stereocenters. The maximum atomic E-state index is 13.4. The minimum atomic E-state index is -4.51. The highest BCUT2D eigenvalue weighted by atomic mass is 19.4. The molecule has 4 heterocycles. The lowest BCUT2D eigenvalue weighted by Gasteiger charge is -2.37. The summed E-state index contributed by atoms with van der Waals surface area (Å²) in [6, 6.07) is 2.25. The number of allylic oxidation sites excluding steroid dienone is 1. The first-order valence-electron chi connectivity index (χ1n) is 12.1. The topological polar surface area (TPSA) is 94.9 Å². The van der Waals surface area contributed by atoms with Crippen molar-refractivity contribution in [3.63, 3.8) is 0 Å². The van der Waals surface area contributed by atoms with Crippen molar-refractivity contribution in [3.05, 3.63) is 35.7 Å². The molecule has 0 radical (unpaired) electrons. The van der Waals surface area contributed by atoms with Gasteiger partial charge in [0.2, 0.25) is 11.8 Å². The Balaban J connectivity index is 1.27. The number of alkyl halides is 3. The molecule has 2 N–H and O–H groups in total. The molecule has 4 fully saturated rings. The molecule has 2 aromatic rings. The lowest BCUT2D eigenvalue weighted by atomic mass is 10.0.